The molecule has 2 aromatic rings. The van der Waals surface area contributed by atoms with E-state index in [0.29, 0.717) is 24.5 Å². The first-order valence-electron chi connectivity index (χ1n) is 9.31. The highest BCUT2D eigenvalue weighted by Crippen LogP contribution is 2.32. The van der Waals surface area contributed by atoms with E-state index in [9.17, 15) is 9.90 Å². The van der Waals surface area contributed by atoms with Crippen molar-refractivity contribution in [3.8, 4) is 5.75 Å². The average Bonchev–Trinajstić information content (AvgIpc) is 2.72. The molecule has 0 spiro atoms. The van der Waals surface area contributed by atoms with Gasteiger partial charge in [0.15, 0.2) is 0 Å². The number of ether oxygens (including phenoxy) is 2. The third-order valence-electron chi connectivity index (χ3n) is 4.50. The molecule has 0 aromatic heterocycles. The first kappa shape index (κ1) is 22.4. The van der Waals surface area contributed by atoms with Gasteiger partial charge in [-0.3, -0.25) is 4.79 Å². The Bertz CT molecular complexity index is 760. The predicted octanol–water partition coefficient (Wildman–Crippen LogP) is 3.72. The highest BCUT2D eigenvalue weighted by atomic mass is 35.5. The van der Waals surface area contributed by atoms with Gasteiger partial charge < -0.3 is 19.7 Å². The molecule has 0 radical (unpaired) electrons. The molecule has 2 atom stereocenters. The third-order valence-corrected chi connectivity index (χ3v) is 4.87. The van der Waals surface area contributed by atoms with E-state index in [-0.39, 0.29) is 24.9 Å². The molecular formula is C22H27ClO5. The number of aliphatic hydroxyl groups is 2. The van der Waals surface area contributed by atoms with Gasteiger partial charge in [0, 0.05) is 25.0 Å². The summed E-state index contributed by atoms with van der Waals surface area (Å²) in [5.74, 6) is 0.962. The lowest BCUT2D eigenvalue weighted by Gasteiger charge is -2.28. The van der Waals surface area contributed by atoms with E-state index in [4.69, 9.17) is 26.2 Å². The average molecular weight is 407 g/mol. The maximum absolute atomic E-state index is 11.9. The van der Waals surface area contributed by atoms with Crippen LogP contribution in [0.2, 0.25) is 5.02 Å². The summed E-state index contributed by atoms with van der Waals surface area (Å²) in [5, 5.41) is 17.0. The molecule has 28 heavy (non-hydrogen) atoms. The van der Waals surface area contributed by atoms with Crippen molar-refractivity contribution in [1.82, 2.24) is 0 Å². The summed E-state index contributed by atoms with van der Waals surface area (Å²) in [5.41, 5.74) is 3.03. The van der Waals surface area contributed by atoms with Crippen molar-refractivity contribution in [3.63, 3.8) is 0 Å². The van der Waals surface area contributed by atoms with Crippen LogP contribution in [0.25, 0.3) is 0 Å². The molecule has 2 N–H and O–H groups in total. The lowest BCUT2D eigenvalue weighted by Crippen LogP contribution is -2.30. The van der Waals surface area contributed by atoms with E-state index in [1.54, 1.807) is 0 Å². The van der Waals surface area contributed by atoms with Crippen LogP contribution in [0, 0.1) is 0 Å². The number of carbonyl (C=O) groups excluding carboxylic acids is 1. The second-order valence-electron chi connectivity index (χ2n) is 6.48. The minimum Gasteiger partial charge on any atom is -0.494 e. The van der Waals surface area contributed by atoms with Gasteiger partial charge >= 0.3 is 0 Å². The van der Waals surface area contributed by atoms with Gasteiger partial charge in [-0.25, -0.2) is 0 Å². The van der Waals surface area contributed by atoms with Crippen LogP contribution in [-0.2, 0) is 16.0 Å². The van der Waals surface area contributed by atoms with Gasteiger partial charge in [-0.15, -0.1) is 0 Å². The Hall–Kier alpha value is -1.92. The zero-order chi connectivity index (χ0) is 20.5. The summed E-state index contributed by atoms with van der Waals surface area (Å²) >= 11 is 6.38. The van der Waals surface area contributed by atoms with Crippen LogP contribution in [0.3, 0.4) is 0 Å². The van der Waals surface area contributed by atoms with Gasteiger partial charge in [-0.05, 0) is 48.2 Å². The van der Waals surface area contributed by atoms with Crippen molar-refractivity contribution in [2.45, 2.75) is 38.4 Å². The minimum absolute atomic E-state index is 0.114. The molecule has 0 aliphatic carbocycles. The minimum atomic E-state index is -0.425. The summed E-state index contributed by atoms with van der Waals surface area (Å²) in [7, 11) is 1.00. The molecule has 0 saturated carbocycles. The molecule has 6 heteroatoms. The molecule has 1 saturated heterocycles. The highest BCUT2D eigenvalue weighted by molar-refractivity contribution is 6.31. The van der Waals surface area contributed by atoms with E-state index in [1.165, 1.54) is 0 Å². The zero-order valence-corrected chi connectivity index (χ0v) is 17.0. The highest BCUT2D eigenvalue weighted by Gasteiger charge is 2.28. The number of aliphatic hydroxyl groups excluding tert-OH is 2. The quantitative estimate of drug-likeness (QED) is 0.764. The lowest BCUT2D eigenvalue weighted by atomic mass is 9.95. The second-order valence-corrected chi connectivity index (χ2v) is 6.89. The maximum Gasteiger partial charge on any atom is 0.138 e. The van der Waals surface area contributed by atoms with Crippen LogP contribution in [-0.4, -0.2) is 42.4 Å². The number of benzene rings is 2. The Kier molecular flexibility index (Phi) is 8.93. The molecule has 2 unspecified atom stereocenters. The Balaban J connectivity index is 0.00000136. The van der Waals surface area contributed by atoms with E-state index < -0.39 is 6.10 Å². The van der Waals surface area contributed by atoms with Gasteiger partial charge in [-0.2, -0.15) is 0 Å². The summed E-state index contributed by atoms with van der Waals surface area (Å²) in [6.45, 7) is 2.45. The monoisotopic (exact) mass is 406 g/mol. The number of halogens is 1. The van der Waals surface area contributed by atoms with Gasteiger partial charge in [-0.1, -0.05) is 35.9 Å². The summed E-state index contributed by atoms with van der Waals surface area (Å²) in [6, 6.07) is 13.7. The van der Waals surface area contributed by atoms with Crippen LogP contribution >= 0.6 is 11.6 Å². The summed E-state index contributed by atoms with van der Waals surface area (Å²) in [4.78, 5) is 11.9. The van der Waals surface area contributed by atoms with Crippen molar-refractivity contribution in [1.29, 1.82) is 0 Å². The van der Waals surface area contributed by atoms with E-state index in [0.717, 1.165) is 29.5 Å². The second kappa shape index (κ2) is 11.2. The van der Waals surface area contributed by atoms with Crippen molar-refractivity contribution < 1.29 is 24.5 Å². The van der Waals surface area contributed by atoms with Gasteiger partial charge in [0.2, 0.25) is 0 Å². The fourth-order valence-electron chi connectivity index (χ4n) is 3.20. The number of carbonyl (C=O) groups is 1. The Morgan fingerprint density at radius 3 is 2.50 bits per heavy atom. The fraction of sp³-hybridized carbons (Fsp3) is 0.409. The van der Waals surface area contributed by atoms with Crippen molar-refractivity contribution in [3.05, 3.63) is 64.2 Å². The number of hydrogen-bond donors (Lipinski definition) is 2. The van der Waals surface area contributed by atoms with E-state index >= 15 is 0 Å². The molecule has 3 rings (SSSR count). The molecule has 1 aliphatic heterocycles. The Labute approximate surface area is 170 Å². The maximum atomic E-state index is 11.9. The first-order chi connectivity index (χ1) is 13.6. The van der Waals surface area contributed by atoms with Crippen molar-refractivity contribution in [2.24, 2.45) is 0 Å². The molecule has 1 fully saturated rings. The molecule has 0 amide bonds. The molecule has 1 aliphatic rings. The van der Waals surface area contributed by atoms with Crippen LogP contribution in [0.15, 0.2) is 42.5 Å². The molecular weight excluding hydrogens is 380 g/mol. The van der Waals surface area contributed by atoms with Crippen LogP contribution < -0.4 is 4.74 Å². The largest absolute Gasteiger partial charge is 0.494 e. The molecule has 5 nitrogen and oxygen atoms in total. The Morgan fingerprint density at radius 1 is 1.14 bits per heavy atom. The molecule has 2 aromatic carbocycles. The number of rotatable bonds is 6. The molecule has 1 heterocycles. The fourth-order valence-corrected chi connectivity index (χ4v) is 3.38. The molecule has 0 bridgehead atoms. The van der Waals surface area contributed by atoms with E-state index in [2.05, 4.69) is 0 Å². The van der Waals surface area contributed by atoms with Gasteiger partial charge in [0.1, 0.15) is 11.5 Å². The zero-order valence-electron chi connectivity index (χ0n) is 16.2. The van der Waals surface area contributed by atoms with Crippen LogP contribution in [0.4, 0.5) is 0 Å². The number of Topliss-reactive ketones (excluding diaryl/α,β-unsaturated/α-hetero) is 1. The number of hydrogen-bond acceptors (Lipinski definition) is 5. The van der Waals surface area contributed by atoms with Crippen molar-refractivity contribution >= 4 is 17.4 Å². The Morgan fingerprint density at radius 2 is 1.86 bits per heavy atom. The van der Waals surface area contributed by atoms with Gasteiger partial charge in [0.25, 0.3) is 0 Å². The standard InChI is InChI=1S/C21H23ClO4.CH4O/c1-2-25-18-6-3-14(4-7-18)9-16-10-15(5-8-20(16)22)21-12-17(24)11-19(13-23)26-21;1-2/h3-8,10,19,21,23H,2,9,11-13H2,1H3;2H,1H3. The normalized spacial score (nSPS) is 19.0. The van der Waals surface area contributed by atoms with Crippen LogP contribution in [0.5, 0.6) is 5.75 Å². The summed E-state index contributed by atoms with van der Waals surface area (Å²) < 4.78 is 11.3. The SMILES string of the molecule is CCOc1ccc(Cc2cc(C3CC(=O)CC(CO)O3)ccc2Cl)cc1.CO. The molecule has 152 valence electrons. The van der Waals surface area contributed by atoms with Crippen LogP contribution in [0.1, 0.15) is 42.6 Å². The predicted molar refractivity (Wildman–Crippen MR) is 109 cm³/mol. The lowest BCUT2D eigenvalue weighted by molar-refractivity contribution is -0.139. The van der Waals surface area contributed by atoms with E-state index in [1.807, 2.05) is 49.4 Å². The number of ketones is 1. The smallest absolute Gasteiger partial charge is 0.138 e. The summed E-state index contributed by atoms with van der Waals surface area (Å²) in [6.07, 6.45) is 0.542. The topological polar surface area (TPSA) is 76.0 Å². The first-order valence-corrected chi connectivity index (χ1v) is 9.69. The van der Waals surface area contributed by atoms with Gasteiger partial charge in [0.05, 0.1) is 25.4 Å². The third kappa shape index (κ3) is 6.04. The van der Waals surface area contributed by atoms with Crippen molar-refractivity contribution in [2.75, 3.05) is 20.3 Å².